The molecule has 1 fully saturated rings. The van der Waals surface area contributed by atoms with E-state index < -0.39 is 0 Å². The van der Waals surface area contributed by atoms with Crippen LogP contribution in [0.4, 0.5) is 0 Å². The van der Waals surface area contributed by atoms with Gasteiger partial charge in [-0.15, -0.1) is 0 Å². The van der Waals surface area contributed by atoms with Crippen LogP contribution >= 0.6 is 11.6 Å². The van der Waals surface area contributed by atoms with Gasteiger partial charge in [0.05, 0.1) is 17.2 Å². The second-order valence-electron chi connectivity index (χ2n) is 10.3. The highest BCUT2D eigenvalue weighted by molar-refractivity contribution is 6.30. The molecule has 2 aromatic heterocycles. The number of aryl methyl sites for hydroxylation is 2. The fraction of sp³-hybridized carbons (Fsp3) is 0.242. The van der Waals surface area contributed by atoms with Gasteiger partial charge < -0.3 is 4.74 Å². The van der Waals surface area contributed by atoms with Crippen LogP contribution in [0.1, 0.15) is 24.0 Å². The van der Waals surface area contributed by atoms with Crippen LogP contribution in [-0.2, 0) is 19.5 Å². The number of halogens is 1. The van der Waals surface area contributed by atoms with Gasteiger partial charge in [-0.05, 0) is 71.8 Å². The first-order valence-corrected chi connectivity index (χ1v) is 14.1. The van der Waals surface area contributed by atoms with Gasteiger partial charge in [0.1, 0.15) is 6.10 Å². The summed E-state index contributed by atoms with van der Waals surface area (Å²) in [5.41, 5.74) is 5.24. The van der Waals surface area contributed by atoms with Gasteiger partial charge in [-0.3, -0.25) is 14.3 Å². The molecule has 40 heavy (non-hydrogen) atoms. The molecule has 3 heterocycles. The van der Waals surface area contributed by atoms with Gasteiger partial charge in [0.25, 0.3) is 5.56 Å². The van der Waals surface area contributed by atoms with E-state index >= 15 is 0 Å². The van der Waals surface area contributed by atoms with Crippen LogP contribution in [0, 0.1) is 0 Å². The molecule has 0 radical (unpaired) electrons. The summed E-state index contributed by atoms with van der Waals surface area (Å²) < 4.78 is 7.73. The minimum atomic E-state index is -0.0142. The van der Waals surface area contributed by atoms with Crippen molar-refractivity contribution in [1.82, 2.24) is 19.4 Å². The zero-order valence-electron chi connectivity index (χ0n) is 22.2. The normalized spacial score (nSPS) is 14.4. The Hall–Kier alpha value is -4.00. The molecule has 1 saturated heterocycles. The lowest BCUT2D eigenvalue weighted by molar-refractivity contribution is 0.0932. The summed E-state index contributed by atoms with van der Waals surface area (Å²) in [6.45, 7) is 3.54. The zero-order chi connectivity index (χ0) is 27.3. The average molecular weight is 551 g/mol. The molecule has 0 atom stereocenters. The summed E-state index contributed by atoms with van der Waals surface area (Å²) in [5, 5.41) is 1.33. The highest BCUT2D eigenvalue weighted by atomic mass is 35.5. The summed E-state index contributed by atoms with van der Waals surface area (Å²) in [7, 11) is 0. The average Bonchev–Trinajstić information content (AvgIpc) is 2.99. The van der Waals surface area contributed by atoms with E-state index in [0.29, 0.717) is 28.4 Å². The molecule has 1 aliphatic heterocycles. The topological polar surface area (TPSA) is 60.2 Å². The molecule has 0 amide bonds. The van der Waals surface area contributed by atoms with Gasteiger partial charge >= 0.3 is 0 Å². The van der Waals surface area contributed by atoms with E-state index in [0.717, 1.165) is 50.0 Å². The molecule has 0 saturated carbocycles. The minimum absolute atomic E-state index is 0.0142. The van der Waals surface area contributed by atoms with Gasteiger partial charge in [0.15, 0.2) is 0 Å². The molecular weight excluding hydrogens is 520 g/mol. The number of benzene rings is 3. The number of fused-ring (bicyclic) bond motifs is 1. The van der Waals surface area contributed by atoms with Crippen LogP contribution in [0.3, 0.4) is 0 Å². The van der Waals surface area contributed by atoms with Crippen molar-refractivity contribution in [1.29, 1.82) is 0 Å². The third-order valence-corrected chi connectivity index (χ3v) is 7.79. The standard InChI is InChI=1S/C33H31ClN4O2/c34-28-11-8-26(9-12-28)27-10-13-30-31(21-27)36-23-38(33(30)39)20-14-24-4-6-25(7-5-24)22-37-18-15-29(16-19-37)40-32-3-1-2-17-35-32/h1-13,17,21,23,29H,14-16,18-20,22H2. The fourth-order valence-electron chi connectivity index (χ4n) is 5.23. The molecule has 0 aliphatic carbocycles. The number of hydrogen-bond donors (Lipinski definition) is 0. The van der Waals surface area contributed by atoms with Crippen molar-refractivity contribution in [2.45, 2.75) is 38.5 Å². The lowest BCUT2D eigenvalue weighted by Crippen LogP contribution is -2.37. The van der Waals surface area contributed by atoms with Crippen molar-refractivity contribution >= 4 is 22.5 Å². The maximum absolute atomic E-state index is 13.1. The van der Waals surface area contributed by atoms with Crippen molar-refractivity contribution < 1.29 is 4.74 Å². The first-order chi connectivity index (χ1) is 19.6. The third-order valence-electron chi connectivity index (χ3n) is 7.53. The van der Waals surface area contributed by atoms with Crippen LogP contribution < -0.4 is 10.3 Å². The molecule has 3 aromatic carbocycles. The number of hydrogen-bond acceptors (Lipinski definition) is 5. The number of nitrogens with zero attached hydrogens (tertiary/aromatic N) is 4. The quantitative estimate of drug-likeness (QED) is 0.224. The lowest BCUT2D eigenvalue weighted by atomic mass is 10.0. The smallest absolute Gasteiger partial charge is 0.261 e. The molecule has 5 aromatic rings. The Morgan fingerprint density at radius 2 is 1.60 bits per heavy atom. The maximum atomic E-state index is 13.1. The molecule has 6 rings (SSSR count). The SMILES string of the molecule is O=c1c2ccc(-c3ccc(Cl)cc3)cc2ncn1CCc1ccc(CN2CCC(Oc3ccccn3)CC2)cc1. The molecule has 6 nitrogen and oxygen atoms in total. The molecule has 7 heteroatoms. The monoisotopic (exact) mass is 550 g/mol. The number of piperidine rings is 1. The van der Waals surface area contributed by atoms with Crippen molar-refractivity contribution in [3.63, 3.8) is 0 Å². The van der Waals surface area contributed by atoms with Gasteiger partial charge in [-0.1, -0.05) is 60.1 Å². The Balaban J connectivity index is 1.03. The molecule has 0 spiro atoms. The van der Waals surface area contributed by atoms with E-state index in [-0.39, 0.29) is 11.7 Å². The highest BCUT2D eigenvalue weighted by Gasteiger charge is 2.21. The number of likely N-dealkylation sites (tertiary alicyclic amines) is 1. The van der Waals surface area contributed by atoms with E-state index in [1.165, 1.54) is 11.1 Å². The fourth-order valence-corrected chi connectivity index (χ4v) is 5.36. The molecule has 0 unspecified atom stereocenters. The summed E-state index contributed by atoms with van der Waals surface area (Å²) in [4.78, 5) is 24.5. The Morgan fingerprint density at radius 3 is 2.35 bits per heavy atom. The van der Waals surface area contributed by atoms with Crippen LogP contribution in [0.5, 0.6) is 5.88 Å². The van der Waals surface area contributed by atoms with Crippen molar-refractivity contribution in [3.8, 4) is 17.0 Å². The summed E-state index contributed by atoms with van der Waals surface area (Å²) in [6, 6.07) is 28.0. The third kappa shape index (κ3) is 6.24. The van der Waals surface area contributed by atoms with E-state index in [4.69, 9.17) is 16.3 Å². The minimum Gasteiger partial charge on any atom is -0.474 e. The predicted molar refractivity (Wildman–Crippen MR) is 160 cm³/mol. The first-order valence-electron chi connectivity index (χ1n) is 13.7. The van der Waals surface area contributed by atoms with Crippen LogP contribution in [-0.4, -0.2) is 38.6 Å². The summed E-state index contributed by atoms with van der Waals surface area (Å²) >= 11 is 6.02. The largest absolute Gasteiger partial charge is 0.474 e. The Kier molecular flexibility index (Phi) is 7.89. The van der Waals surface area contributed by atoms with Crippen LogP contribution in [0.2, 0.25) is 5.02 Å². The van der Waals surface area contributed by atoms with Crippen molar-refractivity contribution in [3.05, 3.63) is 124 Å². The molecular formula is C33H31ClN4O2. The molecule has 202 valence electrons. The van der Waals surface area contributed by atoms with E-state index in [1.807, 2.05) is 60.7 Å². The van der Waals surface area contributed by atoms with Crippen LogP contribution in [0.15, 0.2) is 102 Å². The molecule has 0 bridgehead atoms. The Morgan fingerprint density at radius 1 is 0.850 bits per heavy atom. The number of rotatable bonds is 8. The van der Waals surface area contributed by atoms with E-state index in [2.05, 4.69) is 39.1 Å². The van der Waals surface area contributed by atoms with Gasteiger partial charge in [0, 0.05) is 43.5 Å². The summed E-state index contributed by atoms with van der Waals surface area (Å²) in [6.07, 6.45) is 6.44. The number of aromatic nitrogens is 3. The summed E-state index contributed by atoms with van der Waals surface area (Å²) in [5.74, 6) is 0.710. The molecule has 0 N–H and O–H groups in total. The Bertz CT molecular complexity index is 1630. The highest BCUT2D eigenvalue weighted by Crippen LogP contribution is 2.24. The second kappa shape index (κ2) is 12.0. The van der Waals surface area contributed by atoms with Gasteiger partial charge in [-0.2, -0.15) is 0 Å². The van der Waals surface area contributed by atoms with Gasteiger partial charge in [-0.25, -0.2) is 9.97 Å². The lowest BCUT2D eigenvalue weighted by Gasteiger charge is -2.31. The van der Waals surface area contributed by atoms with E-state index in [1.54, 1.807) is 17.1 Å². The first kappa shape index (κ1) is 26.2. The van der Waals surface area contributed by atoms with Crippen LogP contribution in [0.25, 0.3) is 22.0 Å². The van der Waals surface area contributed by atoms with E-state index in [9.17, 15) is 4.79 Å². The second-order valence-corrected chi connectivity index (χ2v) is 10.7. The van der Waals surface area contributed by atoms with Crippen molar-refractivity contribution in [2.75, 3.05) is 13.1 Å². The number of ether oxygens (including phenoxy) is 1. The zero-order valence-corrected chi connectivity index (χ0v) is 23.0. The number of pyridine rings is 1. The Labute approximate surface area is 238 Å². The molecule has 1 aliphatic rings. The maximum Gasteiger partial charge on any atom is 0.261 e. The van der Waals surface area contributed by atoms with Crippen molar-refractivity contribution in [2.24, 2.45) is 0 Å². The predicted octanol–water partition coefficient (Wildman–Crippen LogP) is 6.40. The van der Waals surface area contributed by atoms with Gasteiger partial charge in [0.2, 0.25) is 5.88 Å².